The van der Waals surface area contributed by atoms with Crippen LogP contribution in [0.25, 0.3) is 11.0 Å². The fourth-order valence-corrected chi connectivity index (χ4v) is 2.66. The Hall–Kier alpha value is -1.39. The van der Waals surface area contributed by atoms with Crippen molar-refractivity contribution in [3.8, 4) is 0 Å². The molecule has 0 atom stereocenters. The van der Waals surface area contributed by atoms with Gasteiger partial charge >= 0.3 is 0 Å². The summed E-state index contributed by atoms with van der Waals surface area (Å²) in [7, 11) is 2.02. The van der Waals surface area contributed by atoms with Gasteiger partial charge in [-0.3, -0.25) is 4.90 Å². The van der Waals surface area contributed by atoms with Crippen molar-refractivity contribution in [1.29, 1.82) is 0 Å². The van der Waals surface area contributed by atoms with Gasteiger partial charge in [0.05, 0.1) is 23.5 Å². The van der Waals surface area contributed by atoms with E-state index in [-0.39, 0.29) is 6.10 Å². The number of likely N-dealkylation sites (tertiary alicyclic amines) is 1. The molecule has 1 saturated heterocycles. The van der Waals surface area contributed by atoms with Gasteiger partial charge in [-0.2, -0.15) is 0 Å². The summed E-state index contributed by atoms with van der Waals surface area (Å²) < 4.78 is 2.05. The number of piperidine rings is 1. The van der Waals surface area contributed by atoms with Gasteiger partial charge in [0.1, 0.15) is 0 Å². The third-order valence-corrected chi connectivity index (χ3v) is 3.79. The summed E-state index contributed by atoms with van der Waals surface area (Å²) in [5.74, 6) is 0. The summed E-state index contributed by atoms with van der Waals surface area (Å²) in [6.45, 7) is 2.88. The molecule has 0 saturated carbocycles. The van der Waals surface area contributed by atoms with E-state index < -0.39 is 0 Å². The molecule has 4 nitrogen and oxygen atoms in total. The second-order valence-corrected chi connectivity index (χ2v) is 5.15. The maximum absolute atomic E-state index is 9.53. The van der Waals surface area contributed by atoms with Crippen LogP contribution < -0.4 is 0 Å². The molecule has 0 radical (unpaired) electrons. The van der Waals surface area contributed by atoms with E-state index in [4.69, 9.17) is 0 Å². The first-order chi connectivity index (χ1) is 8.74. The summed E-state index contributed by atoms with van der Waals surface area (Å²) in [6.07, 6.45) is 3.54. The molecule has 1 aromatic carbocycles. The van der Waals surface area contributed by atoms with E-state index in [2.05, 4.69) is 32.7 Å². The molecule has 96 valence electrons. The Morgan fingerprint density at radius 1 is 1.33 bits per heavy atom. The van der Waals surface area contributed by atoms with Crippen molar-refractivity contribution >= 4 is 11.0 Å². The van der Waals surface area contributed by atoms with Crippen LogP contribution in [-0.4, -0.2) is 38.8 Å². The van der Waals surface area contributed by atoms with E-state index in [1.165, 1.54) is 11.1 Å². The first-order valence-corrected chi connectivity index (χ1v) is 6.53. The Bertz CT molecular complexity index is 541. The molecule has 0 spiro atoms. The number of imidazole rings is 1. The standard InChI is InChI=1S/C14H19N3O/c1-16-10-15-14-11(3-2-4-13(14)16)9-17-7-5-12(18)6-8-17/h2-4,10,12,18H,5-9H2,1H3. The predicted octanol–water partition coefficient (Wildman–Crippen LogP) is 1.53. The molecular weight excluding hydrogens is 226 g/mol. The molecule has 0 amide bonds. The van der Waals surface area contributed by atoms with Crippen molar-refractivity contribution in [2.24, 2.45) is 7.05 Å². The maximum Gasteiger partial charge on any atom is 0.0955 e. The molecule has 4 heteroatoms. The normalized spacial score (nSPS) is 18.6. The Balaban J connectivity index is 1.82. The van der Waals surface area contributed by atoms with Crippen LogP contribution in [0.1, 0.15) is 18.4 Å². The summed E-state index contributed by atoms with van der Waals surface area (Å²) in [5, 5.41) is 9.53. The van der Waals surface area contributed by atoms with Gasteiger partial charge in [-0.25, -0.2) is 4.98 Å². The number of aryl methyl sites for hydroxylation is 1. The number of aromatic nitrogens is 2. The highest BCUT2D eigenvalue weighted by Gasteiger charge is 2.18. The van der Waals surface area contributed by atoms with E-state index in [0.717, 1.165) is 38.0 Å². The van der Waals surface area contributed by atoms with Gasteiger partial charge in [0.2, 0.25) is 0 Å². The highest BCUT2D eigenvalue weighted by molar-refractivity contribution is 5.78. The smallest absolute Gasteiger partial charge is 0.0955 e. The molecule has 1 fully saturated rings. The lowest BCUT2D eigenvalue weighted by atomic mass is 10.1. The minimum Gasteiger partial charge on any atom is -0.393 e. The van der Waals surface area contributed by atoms with E-state index in [1.807, 2.05) is 13.4 Å². The first-order valence-electron chi connectivity index (χ1n) is 6.53. The number of aliphatic hydroxyl groups is 1. The zero-order chi connectivity index (χ0) is 12.5. The molecule has 2 heterocycles. The maximum atomic E-state index is 9.53. The zero-order valence-electron chi connectivity index (χ0n) is 10.7. The average Bonchev–Trinajstić information content (AvgIpc) is 2.76. The molecule has 1 aromatic heterocycles. The van der Waals surface area contributed by atoms with Crippen molar-refractivity contribution in [3.05, 3.63) is 30.1 Å². The van der Waals surface area contributed by atoms with Crippen LogP contribution in [0.15, 0.2) is 24.5 Å². The summed E-state index contributed by atoms with van der Waals surface area (Å²) in [4.78, 5) is 6.88. The van der Waals surface area contributed by atoms with Crippen molar-refractivity contribution in [2.75, 3.05) is 13.1 Å². The molecule has 0 unspecified atom stereocenters. The molecule has 1 N–H and O–H groups in total. The van der Waals surface area contributed by atoms with E-state index in [1.54, 1.807) is 0 Å². The fraction of sp³-hybridized carbons (Fsp3) is 0.500. The van der Waals surface area contributed by atoms with Crippen LogP contribution in [-0.2, 0) is 13.6 Å². The topological polar surface area (TPSA) is 41.3 Å². The lowest BCUT2D eigenvalue weighted by Gasteiger charge is -2.29. The lowest BCUT2D eigenvalue weighted by Crippen LogP contribution is -2.35. The summed E-state index contributed by atoms with van der Waals surface area (Å²) >= 11 is 0. The second kappa shape index (κ2) is 4.71. The van der Waals surface area contributed by atoms with E-state index >= 15 is 0 Å². The number of benzene rings is 1. The number of para-hydroxylation sites is 1. The SMILES string of the molecule is Cn1cnc2c(CN3CCC(O)CC3)cccc21. The number of hydrogen-bond acceptors (Lipinski definition) is 3. The van der Waals surface area contributed by atoms with Crippen LogP contribution in [0.2, 0.25) is 0 Å². The largest absolute Gasteiger partial charge is 0.393 e. The summed E-state index contributed by atoms with van der Waals surface area (Å²) in [6, 6.07) is 6.35. The molecular formula is C14H19N3O. The van der Waals surface area contributed by atoms with Crippen LogP contribution in [0, 0.1) is 0 Å². The first kappa shape index (κ1) is 11.7. The number of aliphatic hydroxyl groups excluding tert-OH is 1. The summed E-state index contributed by atoms with van der Waals surface area (Å²) in [5.41, 5.74) is 3.57. The third kappa shape index (κ3) is 2.13. The monoisotopic (exact) mass is 245 g/mol. The van der Waals surface area contributed by atoms with Crippen molar-refractivity contribution in [3.63, 3.8) is 0 Å². The zero-order valence-corrected chi connectivity index (χ0v) is 10.7. The fourth-order valence-electron chi connectivity index (χ4n) is 2.66. The Morgan fingerprint density at radius 3 is 2.89 bits per heavy atom. The predicted molar refractivity (Wildman–Crippen MR) is 71.2 cm³/mol. The van der Waals surface area contributed by atoms with Gasteiger partial charge in [-0.05, 0) is 24.5 Å². The number of hydrogen-bond donors (Lipinski definition) is 1. The molecule has 3 rings (SSSR count). The minimum atomic E-state index is -0.105. The van der Waals surface area contributed by atoms with E-state index in [9.17, 15) is 5.11 Å². The van der Waals surface area contributed by atoms with Crippen molar-refractivity contribution in [2.45, 2.75) is 25.5 Å². The second-order valence-electron chi connectivity index (χ2n) is 5.15. The highest BCUT2D eigenvalue weighted by Crippen LogP contribution is 2.20. The van der Waals surface area contributed by atoms with Gasteiger partial charge in [-0.1, -0.05) is 12.1 Å². The van der Waals surface area contributed by atoms with Crippen molar-refractivity contribution in [1.82, 2.24) is 14.5 Å². The highest BCUT2D eigenvalue weighted by atomic mass is 16.3. The molecule has 1 aliphatic heterocycles. The quantitative estimate of drug-likeness (QED) is 0.872. The van der Waals surface area contributed by atoms with Crippen LogP contribution in [0.4, 0.5) is 0 Å². The molecule has 1 aliphatic rings. The lowest BCUT2D eigenvalue weighted by molar-refractivity contribution is 0.0794. The van der Waals surface area contributed by atoms with Gasteiger partial charge in [-0.15, -0.1) is 0 Å². The van der Waals surface area contributed by atoms with Gasteiger partial charge < -0.3 is 9.67 Å². The Labute approximate surface area is 107 Å². The van der Waals surface area contributed by atoms with Crippen molar-refractivity contribution < 1.29 is 5.11 Å². The van der Waals surface area contributed by atoms with Crippen LogP contribution in [0.5, 0.6) is 0 Å². The number of rotatable bonds is 2. The van der Waals surface area contributed by atoms with Gasteiger partial charge in [0, 0.05) is 26.7 Å². The molecule has 0 aliphatic carbocycles. The average molecular weight is 245 g/mol. The van der Waals surface area contributed by atoms with Crippen LogP contribution >= 0.6 is 0 Å². The van der Waals surface area contributed by atoms with E-state index in [0.29, 0.717) is 0 Å². The minimum absolute atomic E-state index is 0.105. The van der Waals surface area contributed by atoms with Gasteiger partial charge in [0.15, 0.2) is 0 Å². The number of nitrogens with zero attached hydrogens (tertiary/aromatic N) is 3. The third-order valence-electron chi connectivity index (χ3n) is 3.79. The Morgan fingerprint density at radius 2 is 2.11 bits per heavy atom. The van der Waals surface area contributed by atoms with Gasteiger partial charge in [0.25, 0.3) is 0 Å². The molecule has 0 bridgehead atoms. The number of fused-ring (bicyclic) bond motifs is 1. The molecule has 2 aromatic rings. The Kier molecular flexibility index (Phi) is 3.06. The van der Waals surface area contributed by atoms with Crippen LogP contribution in [0.3, 0.4) is 0 Å². The molecule has 18 heavy (non-hydrogen) atoms.